The number of anilines is 1. The minimum atomic E-state index is -0.453. The zero-order valence-corrected chi connectivity index (χ0v) is 12.3. The molecule has 1 fully saturated rings. The van der Waals surface area contributed by atoms with Crippen LogP contribution in [0.15, 0.2) is 18.6 Å². The van der Waals surface area contributed by atoms with Crippen LogP contribution in [-0.2, 0) is 4.74 Å². The summed E-state index contributed by atoms with van der Waals surface area (Å²) in [5.41, 5.74) is -0.453. The zero-order chi connectivity index (χ0) is 14.6. The lowest BCUT2D eigenvalue weighted by Gasteiger charge is -2.33. The number of hydrogen-bond donors (Lipinski definition) is 1. The molecule has 1 aliphatic rings. The molecule has 110 valence electrons. The largest absolute Gasteiger partial charge is 0.444 e. The van der Waals surface area contributed by atoms with E-state index in [0.29, 0.717) is 0 Å². The molecule has 0 bridgehead atoms. The number of carbonyl (C=O) groups excluding carboxylic acids is 1. The first-order valence-corrected chi connectivity index (χ1v) is 6.94. The quantitative estimate of drug-likeness (QED) is 0.896. The lowest BCUT2D eigenvalue weighted by atomic mass is 10.1. The summed E-state index contributed by atoms with van der Waals surface area (Å²) >= 11 is 0. The highest BCUT2D eigenvalue weighted by atomic mass is 16.6. The van der Waals surface area contributed by atoms with Crippen molar-refractivity contribution in [2.75, 3.05) is 18.0 Å². The molecule has 1 aromatic heterocycles. The second kappa shape index (κ2) is 6.07. The lowest BCUT2D eigenvalue weighted by molar-refractivity contribution is 0.0497. The Morgan fingerprint density at radius 3 is 2.65 bits per heavy atom. The summed E-state index contributed by atoms with van der Waals surface area (Å²) in [6.07, 6.45) is 4.75. The highest BCUT2D eigenvalue weighted by Gasteiger charge is 2.23. The third-order valence-electron chi connectivity index (χ3n) is 3.11. The lowest BCUT2D eigenvalue weighted by Crippen LogP contribution is -2.46. The molecule has 20 heavy (non-hydrogen) atoms. The number of amides is 1. The third kappa shape index (κ3) is 4.36. The van der Waals surface area contributed by atoms with Crippen molar-refractivity contribution in [3.63, 3.8) is 0 Å². The van der Waals surface area contributed by atoms with Gasteiger partial charge in [-0.05, 0) is 39.7 Å². The molecule has 0 unspecified atom stereocenters. The van der Waals surface area contributed by atoms with E-state index in [1.807, 2.05) is 26.8 Å². The maximum absolute atomic E-state index is 11.7. The van der Waals surface area contributed by atoms with Crippen LogP contribution in [0, 0.1) is 0 Å². The fourth-order valence-corrected chi connectivity index (χ4v) is 2.20. The van der Waals surface area contributed by atoms with Crippen LogP contribution in [0.4, 0.5) is 10.6 Å². The van der Waals surface area contributed by atoms with Crippen molar-refractivity contribution in [3.05, 3.63) is 18.6 Å². The molecule has 0 aliphatic carbocycles. The molecule has 0 saturated carbocycles. The molecule has 6 nitrogen and oxygen atoms in total. The zero-order valence-electron chi connectivity index (χ0n) is 12.3. The molecule has 0 aromatic carbocycles. The van der Waals surface area contributed by atoms with Gasteiger partial charge in [-0.3, -0.25) is 0 Å². The van der Waals surface area contributed by atoms with E-state index in [-0.39, 0.29) is 12.1 Å². The second-order valence-electron chi connectivity index (χ2n) is 5.98. The summed E-state index contributed by atoms with van der Waals surface area (Å²) in [6.45, 7) is 7.34. The average molecular weight is 278 g/mol. The Kier molecular flexibility index (Phi) is 4.42. The molecule has 1 amide bonds. The summed E-state index contributed by atoms with van der Waals surface area (Å²) in [6, 6.07) is 2.07. The fraction of sp³-hybridized carbons (Fsp3) is 0.643. The van der Waals surface area contributed by atoms with Crippen molar-refractivity contribution in [1.29, 1.82) is 0 Å². The van der Waals surface area contributed by atoms with Crippen molar-refractivity contribution in [1.82, 2.24) is 15.3 Å². The van der Waals surface area contributed by atoms with Crippen molar-refractivity contribution in [2.24, 2.45) is 0 Å². The van der Waals surface area contributed by atoms with E-state index < -0.39 is 5.60 Å². The molecular weight excluding hydrogens is 256 g/mol. The predicted octanol–water partition coefficient (Wildman–Crippen LogP) is 1.97. The first-order chi connectivity index (χ1) is 9.44. The number of rotatable bonds is 2. The molecule has 1 aromatic rings. The van der Waals surface area contributed by atoms with Gasteiger partial charge in [-0.25, -0.2) is 14.8 Å². The monoisotopic (exact) mass is 278 g/mol. The van der Waals surface area contributed by atoms with Gasteiger partial charge in [0.25, 0.3) is 0 Å². The van der Waals surface area contributed by atoms with Gasteiger partial charge in [0.1, 0.15) is 17.7 Å². The molecule has 2 rings (SSSR count). The van der Waals surface area contributed by atoms with Crippen molar-refractivity contribution in [3.8, 4) is 0 Å². The number of ether oxygens (including phenoxy) is 1. The van der Waals surface area contributed by atoms with E-state index >= 15 is 0 Å². The minimum Gasteiger partial charge on any atom is -0.444 e. The van der Waals surface area contributed by atoms with Crippen LogP contribution in [-0.4, -0.2) is 40.8 Å². The average Bonchev–Trinajstić information content (AvgIpc) is 2.38. The van der Waals surface area contributed by atoms with Crippen LogP contribution < -0.4 is 10.2 Å². The Hall–Kier alpha value is -1.85. The molecule has 0 spiro atoms. The fourth-order valence-electron chi connectivity index (χ4n) is 2.20. The number of hydrogen-bond acceptors (Lipinski definition) is 5. The van der Waals surface area contributed by atoms with Crippen LogP contribution in [0.5, 0.6) is 0 Å². The van der Waals surface area contributed by atoms with Gasteiger partial charge in [0.2, 0.25) is 0 Å². The van der Waals surface area contributed by atoms with Crippen molar-refractivity contribution >= 4 is 11.9 Å². The highest BCUT2D eigenvalue weighted by Crippen LogP contribution is 2.17. The maximum atomic E-state index is 11.7. The smallest absolute Gasteiger partial charge is 0.407 e. The number of piperidine rings is 1. The Morgan fingerprint density at radius 2 is 2.10 bits per heavy atom. The summed E-state index contributed by atoms with van der Waals surface area (Å²) in [5.74, 6) is 0.940. The Balaban J connectivity index is 1.79. The highest BCUT2D eigenvalue weighted by molar-refractivity contribution is 5.68. The summed E-state index contributed by atoms with van der Waals surface area (Å²) in [7, 11) is 0. The van der Waals surface area contributed by atoms with E-state index in [4.69, 9.17) is 4.74 Å². The standard InChI is InChI=1S/C14H22N4O2/c1-14(2,3)20-13(19)17-11-5-8-18(9-6-11)12-4-7-15-10-16-12/h4,7,10-11H,5-6,8-9H2,1-3H3,(H,17,19). The Labute approximate surface area is 119 Å². The molecule has 1 N–H and O–H groups in total. The number of nitrogens with zero attached hydrogens (tertiary/aromatic N) is 3. The number of nitrogens with one attached hydrogen (secondary N) is 1. The summed E-state index contributed by atoms with van der Waals surface area (Å²) in [5, 5.41) is 2.93. The number of carbonyl (C=O) groups is 1. The Morgan fingerprint density at radius 1 is 1.40 bits per heavy atom. The third-order valence-corrected chi connectivity index (χ3v) is 3.11. The molecule has 1 aliphatic heterocycles. The molecule has 6 heteroatoms. The normalized spacial score (nSPS) is 16.9. The van der Waals surface area contributed by atoms with Gasteiger partial charge in [0.15, 0.2) is 0 Å². The summed E-state index contributed by atoms with van der Waals surface area (Å²) < 4.78 is 5.27. The van der Waals surface area contributed by atoms with Crippen LogP contribution in [0.1, 0.15) is 33.6 Å². The van der Waals surface area contributed by atoms with E-state index in [9.17, 15) is 4.79 Å². The van der Waals surface area contributed by atoms with Crippen LogP contribution >= 0.6 is 0 Å². The van der Waals surface area contributed by atoms with Crippen LogP contribution in [0.3, 0.4) is 0 Å². The van der Waals surface area contributed by atoms with E-state index in [2.05, 4.69) is 20.2 Å². The molecule has 1 saturated heterocycles. The van der Waals surface area contributed by atoms with Crippen molar-refractivity contribution < 1.29 is 9.53 Å². The van der Waals surface area contributed by atoms with Crippen molar-refractivity contribution in [2.45, 2.75) is 45.3 Å². The topological polar surface area (TPSA) is 67.3 Å². The number of alkyl carbamates (subject to hydrolysis) is 1. The summed E-state index contributed by atoms with van der Waals surface area (Å²) in [4.78, 5) is 22.1. The van der Waals surface area contributed by atoms with Gasteiger partial charge in [-0.15, -0.1) is 0 Å². The SMILES string of the molecule is CC(C)(C)OC(=O)NC1CCN(c2ccncn2)CC1. The van der Waals surface area contributed by atoms with E-state index in [0.717, 1.165) is 31.7 Å². The van der Waals surface area contributed by atoms with Gasteiger partial charge in [0.05, 0.1) is 0 Å². The van der Waals surface area contributed by atoms with E-state index in [1.54, 1.807) is 12.5 Å². The van der Waals surface area contributed by atoms with Crippen LogP contribution in [0.2, 0.25) is 0 Å². The molecule has 0 atom stereocenters. The maximum Gasteiger partial charge on any atom is 0.407 e. The van der Waals surface area contributed by atoms with Gasteiger partial charge in [-0.1, -0.05) is 0 Å². The molecular formula is C14H22N4O2. The Bertz CT molecular complexity index is 436. The number of aromatic nitrogens is 2. The first-order valence-electron chi connectivity index (χ1n) is 6.94. The second-order valence-corrected chi connectivity index (χ2v) is 5.98. The van der Waals surface area contributed by atoms with Gasteiger partial charge < -0.3 is 15.0 Å². The predicted molar refractivity (Wildman–Crippen MR) is 76.6 cm³/mol. The van der Waals surface area contributed by atoms with E-state index in [1.165, 1.54) is 0 Å². The van der Waals surface area contributed by atoms with Crippen LogP contribution in [0.25, 0.3) is 0 Å². The molecule has 0 radical (unpaired) electrons. The van der Waals surface area contributed by atoms with Gasteiger partial charge in [-0.2, -0.15) is 0 Å². The first kappa shape index (κ1) is 14.6. The minimum absolute atomic E-state index is 0.169. The van der Waals surface area contributed by atoms with Gasteiger partial charge >= 0.3 is 6.09 Å². The molecule has 2 heterocycles. The van der Waals surface area contributed by atoms with Gasteiger partial charge in [0, 0.05) is 25.3 Å².